The summed E-state index contributed by atoms with van der Waals surface area (Å²) >= 11 is 1.64. The van der Waals surface area contributed by atoms with E-state index < -0.39 is 0 Å². The topological polar surface area (TPSA) is 63.8 Å². The lowest BCUT2D eigenvalue weighted by atomic mass is 10.3. The molecule has 3 aromatic rings. The van der Waals surface area contributed by atoms with Crippen molar-refractivity contribution in [1.29, 1.82) is 0 Å². The van der Waals surface area contributed by atoms with Crippen molar-refractivity contribution < 1.29 is 4.52 Å². The van der Waals surface area contributed by atoms with E-state index in [1.54, 1.807) is 23.9 Å². The van der Waals surface area contributed by atoms with Gasteiger partial charge in [-0.3, -0.25) is 0 Å². The van der Waals surface area contributed by atoms with Crippen LogP contribution in [0.25, 0.3) is 10.2 Å². The molecule has 0 radical (unpaired) electrons. The molecule has 0 aromatic carbocycles. The molecule has 0 saturated heterocycles. The zero-order valence-corrected chi connectivity index (χ0v) is 9.99. The summed E-state index contributed by atoms with van der Waals surface area (Å²) in [5.41, 5.74) is 2.18. The van der Waals surface area contributed by atoms with Gasteiger partial charge in [-0.25, -0.2) is 9.97 Å². The standard InChI is InChI=1S/C11H10N4OS/c1-7-5-17-10-9(7)13-6-14-11(10)12-4-8-2-3-15-16-8/h2-3,5-6H,4H2,1H3,(H,12,13,14). The molecule has 0 spiro atoms. The van der Waals surface area contributed by atoms with Crippen LogP contribution in [0.4, 0.5) is 5.82 Å². The highest BCUT2D eigenvalue weighted by atomic mass is 32.1. The summed E-state index contributed by atoms with van der Waals surface area (Å²) in [4.78, 5) is 8.52. The Labute approximate surface area is 101 Å². The lowest BCUT2D eigenvalue weighted by Gasteiger charge is -2.03. The van der Waals surface area contributed by atoms with Crippen LogP contribution in [0, 0.1) is 6.92 Å². The maximum Gasteiger partial charge on any atom is 0.155 e. The summed E-state index contributed by atoms with van der Waals surface area (Å²) in [6.45, 7) is 2.62. The summed E-state index contributed by atoms with van der Waals surface area (Å²) < 4.78 is 6.09. The number of fused-ring (bicyclic) bond motifs is 1. The number of anilines is 1. The van der Waals surface area contributed by atoms with Gasteiger partial charge in [-0.05, 0) is 17.9 Å². The molecule has 0 atom stereocenters. The predicted octanol–water partition coefficient (Wildman–Crippen LogP) is 2.60. The second-order valence-electron chi connectivity index (χ2n) is 3.65. The average Bonchev–Trinajstić information content (AvgIpc) is 2.97. The maximum atomic E-state index is 5.02. The Morgan fingerprint density at radius 3 is 3.18 bits per heavy atom. The zero-order chi connectivity index (χ0) is 11.7. The summed E-state index contributed by atoms with van der Waals surface area (Å²) in [7, 11) is 0. The van der Waals surface area contributed by atoms with E-state index in [0.29, 0.717) is 6.54 Å². The number of rotatable bonds is 3. The quantitative estimate of drug-likeness (QED) is 0.769. The van der Waals surface area contributed by atoms with Crippen molar-refractivity contribution in [2.24, 2.45) is 0 Å². The lowest BCUT2D eigenvalue weighted by Crippen LogP contribution is -2.00. The van der Waals surface area contributed by atoms with E-state index in [-0.39, 0.29) is 0 Å². The predicted molar refractivity (Wildman–Crippen MR) is 66.0 cm³/mol. The normalized spacial score (nSPS) is 10.9. The number of nitrogens with one attached hydrogen (secondary N) is 1. The maximum absolute atomic E-state index is 5.02. The molecular formula is C11H10N4OS. The second-order valence-corrected chi connectivity index (χ2v) is 4.53. The van der Waals surface area contributed by atoms with Crippen molar-refractivity contribution in [1.82, 2.24) is 15.1 Å². The second kappa shape index (κ2) is 4.14. The van der Waals surface area contributed by atoms with E-state index in [2.05, 4.69) is 25.8 Å². The molecule has 0 unspecified atom stereocenters. The number of thiophene rings is 1. The molecule has 1 N–H and O–H groups in total. The SMILES string of the molecule is Cc1csc2c(NCc3ccno3)ncnc12. The van der Waals surface area contributed by atoms with Crippen LogP contribution >= 0.6 is 11.3 Å². The van der Waals surface area contributed by atoms with Gasteiger partial charge in [0.25, 0.3) is 0 Å². The zero-order valence-electron chi connectivity index (χ0n) is 9.17. The van der Waals surface area contributed by atoms with Crippen LogP contribution in [0.2, 0.25) is 0 Å². The number of aryl methyl sites for hydroxylation is 1. The van der Waals surface area contributed by atoms with Gasteiger partial charge in [0.05, 0.1) is 23.0 Å². The van der Waals surface area contributed by atoms with Crippen molar-refractivity contribution in [2.75, 3.05) is 5.32 Å². The third-order valence-electron chi connectivity index (χ3n) is 2.45. The largest absolute Gasteiger partial charge is 0.361 e. The van der Waals surface area contributed by atoms with Crippen LogP contribution in [0.15, 0.2) is 28.5 Å². The van der Waals surface area contributed by atoms with Crippen molar-refractivity contribution in [3.05, 3.63) is 35.3 Å². The van der Waals surface area contributed by atoms with Gasteiger partial charge in [0.15, 0.2) is 5.76 Å². The molecule has 0 saturated carbocycles. The summed E-state index contributed by atoms with van der Waals surface area (Å²) in [6.07, 6.45) is 3.20. The molecule has 0 aliphatic heterocycles. The van der Waals surface area contributed by atoms with Crippen LogP contribution in [-0.4, -0.2) is 15.1 Å². The molecule has 17 heavy (non-hydrogen) atoms. The van der Waals surface area contributed by atoms with E-state index in [1.165, 1.54) is 5.56 Å². The molecule has 3 rings (SSSR count). The van der Waals surface area contributed by atoms with Crippen LogP contribution in [-0.2, 0) is 6.54 Å². The molecule has 0 amide bonds. The Kier molecular flexibility index (Phi) is 2.49. The highest BCUT2D eigenvalue weighted by Crippen LogP contribution is 2.28. The summed E-state index contributed by atoms with van der Waals surface area (Å²) in [6, 6.07) is 1.82. The van der Waals surface area contributed by atoms with E-state index in [9.17, 15) is 0 Å². The first kappa shape index (κ1) is 10.2. The van der Waals surface area contributed by atoms with E-state index in [1.807, 2.05) is 13.0 Å². The van der Waals surface area contributed by atoms with Gasteiger partial charge in [0.1, 0.15) is 12.1 Å². The number of nitrogens with zero attached hydrogens (tertiary/aromatic N) is 3. The molecule has 0 fully saturated rings. The van der Waals surface area contributed by atoms with Gasteiger partial charge < -0.3 is 9.84 Å². The van der Waals surface area contributed by atoms with Gasteiger partial charge in [-0.15, -0.1) is 11.3 Å². The Morgan fingerprint density at radius 2 is 2.35 bits per heavy atom. The summed E-state index contributed by atoms with van der Waals surface area (Å²) in [5.74, 6) is 1.62. The summed E-state index contributed by atoms with van der Waals surface area (Å²) in [5, 5.41) is 8.97. The lowest BCUT2D eigenvalue weighted by molar-refractivity contribution is 0.388. The smallest absolute Gasteiger partial charge is 0.155 e. The molecule has 3 heterocycles. The van der Waals surface area contributed by atoms with Crippen molar-refractivity contribution in [3.8, 4) is 0 Å². The van der Waals surface area contributed by atoms with Crippen LogP contribution < -0.4 is 5.32 Å². The van der Waals surface area contributed by atoms with Gasteiger partial charge in [0.2, 0.25) is 0 Å². The first-order chi connectivity index (χ1) is 8.34. The fourth-order valence-corrected chi connectivity index (χ4v) is 2.57. The Balaban J connectivity index is 1.90. The highest BCUT2D eigenvalue weighted by molar-refractivity contribution is 7.17. The number of hydrogen-bond acceptors (Lipinski definition) is 6. The average molecular weight is 246 g/mol. The van der Waals surface area contributed by atoms with Gasteiger partial charge in [-0.2, -0.15) is 0 Å². The minimum absolute atomic E-state index is 0.572. The number of hydrogen-bond donors (Lipinski definition) is 1. The number of aromatic nitrogens is 3. The molecule has 0 aliphatic carbocycles. The molecule has 86 valence electrons. The molecular weight excluding hydrogens is 236 g/mol. The van der Waals surface area contributed by atoms with Crippen molar-refractivity contribution >= 4 is 27.4 Å². The third kappa shape index (κ3) is 1.87. The van der Waals surface area contributed by atoms with Gasteiger partial charge in [-0.1, -0.05) is 5.16 Å². The van der Waals surface area contributed by atoms with Crippen molar-refractivity contribution in [2.45, 2.75) is 13.5 Å². The van der Waals surface area contributed by atoms with Crippen LogP contribution in [0.3, 0.4) is 0 Å². The van der Waals surface area contributed by atoms with E-state index in [0.717, 1.165) is 21.8 Å². The Bertz CT molecular complexity index is 632. The molecule has 0 bridgehead atoms. The van der Waals surface area contributed by atoms with Crippen LogP contribution in [0.1, 0.15) is 11.3 Å². The van der Waals surface area contributed by atoms with E-state index in [4.69, 9.17) is 4.52 Å². The minimum Gasteiger partial charge on any atom is -0.361 e. The van der Waals surface area contributed by atoms with Crippen molar-refractivity contribution in [3.63, 3.8) is 0 Å². The molecule has 0 aliphatic rings. The van der Waals surface area contributed by atoms with Crippen LogP contribution in [0.5, 0.6) is 0 Å². The molecule has 5 nitrogen and oxygen atoms in total. The van der Waals surface area contributed by atoms with E-state index >= 15 is 0 Å². The molecule has 6 heteroatoms. The monoisotopic (exact) mass is 246 g/mol. The van der Waals surface area contributed by atoms with Gasteiger partial charge in [0, 0.05) is 6.07 Å². The fraction of sp³-hybridized carbons (Fsp3) is 0.182. The minimum atomic E-state index is 0.572. The molecule has 3 aromatic heterocycles. The third-order valence-corrected chi connectivity index (χ3v) is 3.55. The highest BCUT2D eigenvalue weighted by Gasteiger charge is 2.08. The first-order valence-corrected chi connectivity index (χ1v) is 6.05. The van der Waals surface area contributed by atoms with Gasteiger partial charge >= 0.3 is 0 Å². The Morgan fingerprint density at radius 1 is 1.41 bits per heavy atom. The fourth-order valence-electron chi connectivity index (χ4n) is 1.60. The first-order valence-electron chi connectivity index (χ1n) is 5.17. The Hall–Kier alpha value is -1.95.